The van der Waals surface area contributed by atoms with Crippen LogP contribution in [-0.4, -0.2) is 14.5 Å². The maximum atomic E-state index is 13.3. The lowest BCUT2D eigenvalue weighted by molar-refractivity contribution is -0.384. The van der Waals surface area contributed by atoms with Gasteiger partial charge < -0.3 is 4.57 Å². The molecule has 0 N–H and O–H groups in total. The molecule has 0 radical (unpaired) electrons. The number of nitro groups is 1. The van der Waals surface area contributed by atoms with E-state index < -0.39 is 10.7 Å². The van der Waals surface area contributed by atoms with Gasteiger partial charge in [0.25, 0.3) is 5.69 Å². The fourth-order valence-electron chi connectivity index (χ4n) is 1.28. The van der Waals surface area contributed by atoms with Gasteiger partial charge >= 0.3 is 0 Å². The topological polar surface area (TPSA) is 61.0 Å². The average Bonchev–Trinajstić information content (AvgIpc) is 2.74. The van der Waals surface area contributed by atoms with E-state index in [1.165, 1.54) is 23.3 Å². The van der Waals surface area contributed by atoms with Crippen LogP contribution in [0.5, 0.6) is 0 Å². The predicted molar refractivity (Wildman–Crippen MR) is 57.9 cm³/mol. The van der Waals surface area contributed by atoms with Crippen molar-refractivity contribution < 1.29 is 9.31 Å². The second kappa shape index (κ2) is 4.01. The minimum atomic E-state index is -0.570. The molecule has 0 bridgehead atoms. The Morgan fingerprint density at radius 3 is 2.81 bits per heavy atom. The summed E-state index contributed by atoms with van der Waals surface area (Å²) in [5, 5.41) is 10.8. The monoisotopic (exact) mass is 285 g/mol. The number of hydrogen-bond donors (Lipinski definition) is 0. The standard InChI is InChI=1S/C9H5BrFN3O2/c10-6-3-9(14(15)16)8(4-7(6)11)13-2-1-12-5-13/h1-5H. The maximum absolute atomic E-state index is 13.3. The van der Waals surface area contributed by atoms with Crippen molar-refractivity contribution in [1.29, 1.82) is 0 Å². The maximum Gasteiger partial charge on any atom is 0.294 e. The smallest absolute Gasteiger partial charge is 0.294 e. The van der Waals surface area contributed by atoms with E-state index in [2.05, 4.69) is 20.9 Å². The predicted octanol–water partition coefficient (Wildman–Crippen LogP) is 2.68. The highest BCUT2D eigenvalue weighted by Crippen LogP contribution is 2.29. The number of benzene rings is 1. The van der Waals surface area contributed by atoms with Crippen molar-refractivity contribution in [2.45, 2.75) is 0 Å². The molecule has 0 spiro atoms. The fourth-order valence-corrected chi connectivity index (χ4v) is 1.61. The summed E-state index contributed by atoms with van der Waals surface area (Å²) in [5.41, 5.74) is -0.0468. The van der Waals surface area contributed by atoms with Crippen LogP contribution < -0.4 is 0 Å². The van der Waals surface area contributed by atoms with Crippen molar-refractivity contribution in [2.24, 2.45) is 0 Å². The number of imidazole rings is 1. The van der Waals surface area contributed by atoms with Gasteiger partial charge in [-0.25, -0.2) is 9.37 Å². The van der Waals surface area contributed by atoms with Crippen LogP contribution in [0, 0.1) is 15.9 Å². The molecule has 0 aliphatic rings. The van der Waals surface area contributed by atoms with Crippen LogP contribution in [0.2, 0.25) is 0 Å². The lowest BCUT2D eigenvalue weighted by atomic mass is 10.2. The van der Waals surface area contributed by atoms with Crippen LogP contribution in [0.15, 0.2) is 35.3 Å². The van der Waals surface area contributed by atoms with Gasteiger partial charge in [0.1, 0.15) is 11.5 Å². The van der Waals surface area contributed by atoms with Gasteiger partial charge in [-0.05, 0) is 15.9 Å². The molecule has 0 unspecified atom stereocenters. The first-order valence-electron chi connectivity index (χ1n) is 4.21. The van der Waals surface area contributed by atoms with Crippen molar-refractivity contribution in [2.75, 3.05) is 0 Å². The Labute approximate surface area is 97.8 Å². The zero-order valence-corrected chi connectivity index (χ0v) is 9.39. The molecule has 7 heteroatoms. The quantitative estimate of drug-likeness (QED) is 0.630. The van der Waals surface area contributed by atoms with Crippen LogP contribution in [0.3, 0.4) is 0 Å². The van der Waals surface area contributed by atoms with Crippen molar-refractivity contribution in [3.63, 3.8) is 0 Å². The van der Waals surface area contributed by atoms with E-state index in [9.17, 15) is 14.5 Å². The van der Waals surface area contributed by atoms with Crippen LogP contribution >= 0.6 is 15.9 Å². The highest BCUT2D eigenvalue weighted by Gasteiger charge is 2.18. The van der Waals surface area contributed by atoms with E-state index in [0.29, 0.717) is 0 Å². The summed E-state index contributed by atoms with van der Waals surface area (Å²) in [6.07, 6.45) is 4.34. The summed E-state index contributed by atoms with van der Waals surface area (Å²) < 4.78 is 14.8. The number of nitrogens with zero attached hydrogens (tertiary/aromatic N) is 3. The molecule has 0 amide bonds. The van der Waals surface area contributed by atoms with Crippen molar-refractivity contribution in [3.05, 3.63) is 51.3 Å². The Balaban J connectivity index is 2.68. The Bertz CT molecular complexity index is 542. The normalized spacial score (nSPS) is 10.4. The number of nitro benzene ring substituents is 1. The van der Waals surface area contributed by atoms with E-state index in [1.807, 2.05) is 0 Å². The van der Waals surface area contributed by atoms with Crippen molar-refractivity contribution >= 4 is 21.6 Å². The fraction of sp³-hybridized carbons (Fsp3) is 0. The SMILES string of the molecule is O=[N+]([O-])c1cc(Br)c(F)cc1-n1ccnc1. The van der Waals surface area contributed by atoms with Crippen LogP contribution in [-0.2, 0) is 0 Å². The largest absolute Gasteiger partial charge is 0.300 e. The first-order chi connectivity index (χ1) is 7.59. The molecule has 0 saturated heterocycles. The molecule has 2 rings (SSSR count). The first-order valence-corrected chi connectivity index (χ1v) is 5.00. The third-order valence-electron chi connectivity index (χ3n) is 2.00. The van der Waals surface area contributed by atoms with Gasteiger partial charge in [-0.3, -0.25) is 10.1 Å². The second-order valence-corrected chi connectivity index (χ2v) is 3.84. The molecule has 2 aromatic rings. The van der Waals surface area contributed by atoms with E-state index in [4.69, 9.17) is 0 Å². The Hall–Kier alpha value is -1.76. The molecule has 82 valence electrons. The van der Waals surface area contributed by atoms with Crippen LogP contribution in [0.1, 0.15) is 0 Å². The summed E-state index contributed by atoms with van der Waals surface area (Å²) >= 11 is 2.91. The van der Waals surface area contributed by atoms with E-state index >= 15 is 0 Å². The summed E-state index contributed by atoms with van der Waals surface area (Å²) in [4.78, 5) is 14.0. The first kappa shape index (κ1) is 10.7. The molecule has 0 atom stereocenters. The molecule has 1 aromatic carbocycles. The number of halogens is 2. The van der Waals surface area contributed by atoms with Gasteiger partial charge in [-0.15, -0.1) is 0 Å². The minimum Gasteiger partial charge on any atom is -0.300 e. The number of rotatable bonds is 2. The van der Waals surface area contributed by atoms with Gasteiger partial charge in [0.05, 0.1) is 15.7 Å². The zero-order chi connectivity index (χ0) is 11.7. The van der Waals surface area contributed by atoms with Crippen LogP contribution in [0.4, 0.5) is 10.1 Å². The lowest BCUT2D eigenvalue weighted by Gasteiger charge is -2.04. The average molecular weight is 286 g/mol. The third kappa shape index (κ3) is 1.81. The highest BCUT2D eigenvalue weighted by molar-refractivity contribution is 9.10. The van der Waals surface area contributed by atoms with E-state index in [0.717, 1.165) is 12.1 Å². The van der Waals surface area contributed by atoms with Crippen molar-refractivity contribution in [1.82, 2.24) is 9.55 Å². The molecule has 0 aliphatic carbocycles. The van der Waals surface area contributed by atoms with Crippen molar-refractivity contribution in [3.8, 4) is 5.69 Å². The molecular weight excluding hydrogens is 281 g/mol. The van der Waals surface area contributed by atoms with E-state index in [1.54, 1.807) is 0 Å². The van der Waals surface area contributed by atoms with Gasteiger partial charge in [0.15, 0.2) is 0 Å². The number of hydrogen-bond acceptors (Lipinski definition) is 3. The van der Waals surface area contributed by atoms with Gasteiger partial charge in [-0.2, -0.15) is 0 Å². The zero-order valence-electron chi connectivity index (χ0n) is 7.80. The van der Waals surface area contributed by atoms with Gasteiger partial charge in [0, 0.05) is 24.5 Å². The van der Waals surface area contributed by atoms with E-state index in [-0.39, 0.29) is 15.8 Å². The van der Waals surface area contributed by atoms with Gasteiger partial charge in [0.2, 0.25) is 0 Å². The molecule has 0 fully saturated rings. The molecular formula is C9H5BrFN3O2. The summed E-state index contributed by atoms with van der Waals surface area (Å²) in [7, 11) is 0. The molecule has 5 nitrogen and oxygen atoms in total. The molecule has 16 heavy (non-hydrogen) atoms. The number of aromatic nitrogens is 2. The second-order valence-electron chi connectivity index (χ2n) is 2.98. The molecule has 1 aromatic heterocycles. The third-order valence-corrected chi connectivity index (χ3v) is 2.60. The summed E-state index contributed by atoms with van der Waals surface area (Å²) in [5.74, 6) is -0.561. The summed E-state index contributed by atoms with van der Waals surface area (Å²) in [6.45, 7) is 0. The molecule has 0 saturated carbocycles. The summed E-state index contributed by atoms with van der Waals surface area (Å²) in [6, 6.07) is 2.22. The van der Waals surface area contributed by atoms with Crippen LogP contribution in [0.25, 0.3) is 5.69 Å². The molecule has 0 aliphatic heterocycles. The minimum absolute atomic E-state index is 0.0584. The Morgan fingerprint density at radius 1 is 1.50 bits per heavy atom. The lowest BCUT2D eigenvalue weighted by Crippen LogP contribution is -1.99. The Morgan fingerprint density at radius 2 is 2.25 bits per heavy atom. The molecule has 1 heterocycles. The Kier molecular flexibility index (Phi) is 2.69. The highest BCUT2D eigenvalue weighted by atomic mass is 79.9. The van der Waals surface area contributed by atoms with Gasteiger partial charge in [-0.1, -0.05) is 0 Å².